The number of pyridine rings is 1. The number of nitrogens with zero attached hydrogens (tertiary/aromatic N) is 2. The second-order valence-corrected chi connectivity index (χ2v) is 6.78. The number of para-hydroxylation sites is 1. The Kier molecular flexibility index (Phi) is 7.35. The molecule has 1 aromatic heterocycles. The predicted octanol–water partition coefficient (Wildman–Crippen LogP) is 1.61. The maximum atomic E-state index is 12.4. The number of carbonyl (C=O) groups excluding carboxylic acids is 2. The molecule has 7 heteroatoms. The number of hydrogen-bond donors (Lipinski definition) is 2. The molecule has 7 nitrogen and oxygen atoms in total. The second kappa shape index (κ2) is 10.4. The van der Waals surface area contributed by atoms with Crippen molar-refractivity contribution >= 4 is 17.9 Å². The molecule has 2 aromatic rings. The third-order valence-electron chi connectivity index (χ3n) is 4.84. The SMILES string of the molecule is COc1ccccc1/C=C/CN1CCNC(=O)[C@@H]1CC(=O)NCc1ccncc1. The number of nitrogens with one attached hydrogen (secondary N) is 2. The highest BCUT2D eigenvalue weighted by atomic mass is 16.5. The molecule has 152 valence electrons. The summed E-state index contributed by atoms with van der Waals surface area (Å²) >= 11 is 0. The number of methoxy groups -OCH3 is 1. The maximum absolute atomic E-state index is 12.4. The molecule has 0 unspecified atom stereocenters. The zero-order chi connectivity index (χ0) is 20.5. The van der Waals surface area contributed by atoms with E-state index in [2.05, 4.69) is 15.6 Å². The van der Waals surface area contributed by atoms with Crippen molar-refractivity contribution < 1.29 is 14.3 Å². The van der Waals surface area contributed by atoms with Gasteiger partial charge in [-0.05, 0) is 23.8 Å². The van der Waals surface area contributed by atoms with Crippen molar-refractivity contribution in [3.8, 4) is 5.75 Å². The number of aromatic nitrogens is 1. The van der Waals surface area contributed by atoms with Gasteiger partial charge in [0.1, 0.15) is 5.75 Å². The van der Waals surface area contributed by atoms with Crippen molar-refractivity contribution in [1.82, 2.24) is 20.5 Å². The topological polar surface area (TPSA) is 83.6 Å². The molecule has 0 bridgehead atoms. The van der Waals surface area contributed by atoms with Crippen LogP contribution in [0.2, 0.25) is 0 Å². The van der Waals surface area contributed by atoms with Crippen LogP contribution in [-0.4, -0.2) is 54.5 Å². The fourth-order valence-corrected chi connectivity index (χ4v) is 3.27. The van der Waals surface area contributed by atoms with Crippen molar-refractivity contribution in [2.24, 2.45) is 0 Å². The summed E-state index contributed by atoms with van der Waals surface area (Å²) in [4.78, 5) is 30.7. The van der Waals surface area contributed by atoms with E-state index in [0.29, 0.717) is 26.2 Å². The van der Waals surface area contributed by atoms with Gasteiger partial charge in [0.05, 0.1) is 19.6 Å². The van der Waals surface area contributed by atoms with Gasteiger partial charge in [0, 0.05) is 44.1 Å². The molecule has 1 fully saturated rings. The van der Waals surface area contributed by atoms with Crippen LogP contribution in [0.1, 0.15) is 17.5 Å². The summed E-state index contributed by atoms with van der Waals surface area (Å²) in [6.45, 7) is 2.28. The van der Waals surface area contributed by atoms with Crippen LogP contribution in [-0.2, 0) is 16.1 Å². The average Bonchev–Trinajstić information content (AvgIpc) is 2.75. The first kappa shape index (κ1) is 20.5. The minimum atomic E-state index is -0.483. The molecular weight excluding hydrogens is 368 g/mol. The van der Waals surface area contributed by atoms with Crippen molar-refractivity contribution in [3.63, 3.8) is 0 Å². The first-order valence-corrected chi connectivity index (χ1v) is 9.64. The molecule has 1 aliphatic heterocycles. The highest BCUT2D eigenvalue weighted by Crippen LogP contribution is 2.19. The van der Waals surface area contributed by atoms with E-state index < -0.39 is 6.04 Å². The second-order valence-electron chi connectivity index (χ2n) is 6.78. The first-order chi connectivity index (χ1) is 14.2. The molecule has 3 rings (SSSR count). The van der Waals surface area contributed by atoms with E-state index in [1.807, 2.05) is 53.5 Å². The van der Waals surface area contributed by atoms with Gasteiger partial charge in [0.15, 0.2) is 0 Å². The third-order valence-corrected chi connectivity index (χ3v) is 4.84. The molecular formula is C22H26N4O3. The van der Waals surface area contributed by atoms with Gasteiger partial charge in [-0.25, -0.2) is 0 Å². The van der Waals surface area contributed by atoms with Crippen LogP contribution in [0.25, 0.3) is 6.08 Å². The third kappa shape index (κ3) is 5.89. The summed E-state index contributed by atoms with van der Waals surface area (Å²) in [7, 11) is 1.64. The highest BCUT2D eigenvalue weighted by Gasteiger charge is 2.30. The number of piperazine rings is 1. The maximum Gasteiger partial charge on any atom is 0.237 e. The molecule has 1 atom stereocenters. The number of ether oxygens (including phenoxy) is 1. The monoisotopic (exact) mass is 394 g/mol. The fraction of sp³-hybridized carbons (Fsp3) is 0.318. The van der Waals surface area contributed by atoms with Crippen LogP contribution >= 0.6 is 0 Å². The lowest BCUT2D eigenvalue weighted by atomic mass is 10.1. The van der Waals surface area contributed by atoms with Gasteiger partial charge >= 0.3 is 0 Å². The standard InChI is InChI=1S/C22H26N4O3/c1-29-20-7-3-2-5-18(20)6-4-13-26-14-12-24-22(28)19(26)15-21(27)25-16-17-8-10-23-11-9-17/h2-11,19H,12-16H2,1H3,(H,24,28)(H,25,27)/b6-4+/t19-/m0/s1. The fourth-order valence-electron chi connectivity index (χ4n) is 3.27. The Hall–Kier alpha value is -3.19. The van der Waals surface area contributed by atoms with Gasteiger partial charge in [-0.15, -0.1) is 0 Å². The molecule has 0 spiro atoms. The summed E-state index contributed by atoms with van der Waals surface area (Å²) in [5, 5.41) is 5.73. The number of carbonyl (C=O) groups is 2. The van der Waals surface area contributed by atoms with E-state index in [9.17, 15) is 9.59 Å². The molecule has 1 aliphatic rings. The number of hydrogen-bond acceptors (Lipinski definition) is 5. The molecule has 2 N–H and O–H groups in total. The molecule has 2 amide bonds. The van der Waals surface area contributed by atoms with Crippen LogP contribution in [0.5, 0.6) is 5.75 Å². The summed E-state index contributed by atoms with van der Waals surface area (Å²) in [6.07, 6.45) is 7.47. The van der Waals surface area contributed by atoms with Gasteiger partial charge in [0.2, 0.25) is 11.8 Å². The summed E-state index contributed by atoms with van der Waals surface area (Å²) in [6, 6.07) is 11.0. The lowest BCUT2D eigenvalue weighted by Gasteiger charge is -2.33. The van der Waals surface area contributed by atoms with Crippen LogP contribution in [0, 0.1) is 0 Å². The van der Waals surface area contributed by atoms with Crippen LogP contribution in [0.15, 0.2) is 54.9 Å². The van der Waals surface area contributed by atoms with E-state index in [0.717, 1.165) is 16.9 Å². The molecule has 0 radical (unpaired) electrons. The van der Waals surface area contributed by atoms with Crippen molar-refractivity contribution in [3.05, 3.63) is 66.0 Å². The van der Waals surface area contributed by atoms with E-state index >= 15 is 0 Å². The van der Waals surface area contributed by atoms with Crippen molar-refractivity contribution in [2.45, 2.75) is 19.0 Å². The zero-order valence-electron chi connectivity index (χ0n) is 16.5. The van der Waals surface area contributed by atoms with Gasteiger partial charge in [0.25, 0.3) is 0 Å². The Morgan fingerprint density at radius 2 is 2.10 bits per heavy atom. The Labute approximate surface area is 170 Å². The Morgan fingerprint density at radius 1 is 1.31 bits per heavy atom. The lowest BCUT2D eigenvalue weighted by Crippen LogP contribution is -2.56. The molecule has 1 saturated heterocycles. The molecule has 0 saturated carbocycles. The van der Waals surface area contributed by atoms with Crippen LogP contribution < -0.4 is 15.4 Å². The normalized spacial score (nSPS) is 17.1. The number of amides is 2. The quantitative estimate of drug-likeness (QED) is 0.711. The first-order valence-electron chi connectivity index (χ1n) is 9.64. The zero-order valence-corrected chi connectivity index (χ0v) is 16.5. The van der Waals surface area contributed by atoms with E-state index in [1.54, 1.807) is 19.5 Å². The van der Waals surface area contributed by atoms with Gasteiger partial charge < -0.3 is 15.4 Å². The predicted molar refractivity (Wildman–Crippen MR) is 111 cm³/mol. The van der Waals surface area contributed by atoms with Gasteiger partial charge in [-0.2, -0.15) is 0 Å². The highest BCUT2D eigenvalue weighted by molar-refractivity contribution is 5.88. The number of benzene rings is 1. The van der Waals surface area contributed by atoms with Gasteiger partial charge in [-0.3, -0.25) is 19.5 Å². The molecule has 2 heterocycles. The van der Waals surface area contributed by atoms with Crippen LogP contribution in [0.4, 0.5) is 0 Å². The van der Waals surface area contributed by atoms with E-state index in [-0.39, 0.29) is 18.2 Å². The summed E-state index contributed by atoms with van der Waals surface area (Å²) < 4.78 is 5.36. The summed E-state index contributed by atoms with van der Waals surface area (Å²) in [5.41, 5.74) is 1.95. The smallest absolute Gasteiger partial charge is 0.237 e. The van der Waals surface area contributed by atoms with Crippen LogP contribution in [0.3, 0.4) is 0 Å². The van der Waals surface area contributed by atoms with Crippen molar-refractivity contribution in [2.75, 3.05) is 26.7 Å². The van der Waals surface area contributed by atoms with Gasteiger partial charge in [-0.1, -0.05) is 30.4 Å². The minimum Gasteiger partial charge on any atom is -0.496 e. The Morgan fingerprint density at radius 3 is 2.90 bits per heavy atom. The van der Waals surface area contributed by atoms with Crippen molar-refractivity contribution in [1.29, 1.82) is 0 Å². The lowest BCUT2D eigenvalue weighted by molar-refractivity contribution is -0.133. The molecule has 1 aromatic carbocycles. The Bertz CT molecular complexity index is 854. The Balaban J connectivity index is 1.57. The molecule has 0 aliphatic carbocycles. The number of rotatable bonds is 8. The summed E-state index contributed by atoms with van der Waals surface area (Å²) in [5.74, 6) is 0.538. The van der Waals surface area contributed by atoms with E-state index in [4.69, 9.17) is 4.74 Å². The largest absolute Gasteiger partial charge is 0.496 e. The van der Waals surface area contributed by atoms with E-state index in [1.165, 1.54) is 0 Å². The average molecular weight is 394 g/mol. The minimum absolute atomic E-state index is 0.110. The molecule has 29 heavy (non-hydrogen) atoms.